The first-order valence-corrected chi connectivity index (χ1v) is 9.68. The van der Waals surface area contributed by atoms with Gasteiger partial charge in [-0.25, -0.2) is 5.43 Å². The van der Waals surface area contributed by atoms with Crippen molar-refractivity contribution in [1.29, 1.82) is 0 Å². The third kappa shape index (κ3) is 4.57. The van der Waals surface area contributed by atoms with Crippen LogP contribution in [0.5, 0.6) is 5.75 Å². The van der Waals surface area contributed by atoms with Crippen LogP contribution in [0.1, 0.15) is 24.1 Å². The van der Waals surface area contributed by atoms with Crippen LogP contribution in [0, 0.1) is 5.92 Å². The molecule has 2 atom stereocenters. The Hall–Kier alpha value is -1.60. The summed E-state index contributed by atoms with van der Waals surface area (Å²) in [5, 5.41) is 3.56. The Balaban J connectivity index is 1.67. The minimum absolute atomic E-state index is 0.00233. The number of nitrogens with one attached hydrogen (secondary N) is 3. The number of carbonyl (C=O) groups is 1. The summed E-state index contributed by atoms with van der Waals surface area (Å²) < 4.78 is 6.47. The summed E-state index contributed by atoms with van der Waals surface area (Å²) in [4.78, 5) is 12.7. The zero-order chi connectivity index (χ0) is 18.5. The highest BCUT2D eigenvalue weighted by atomic mass is 79.9. The first kappa shape index (κ1) is 19.2. The second-order valence-electron chi connectivity index (χ2n) is 6.08. The van der Waals surface area contributed by atoms with Crippen molar-refractivity contribution in [2.75, 3.05) is 13.2 Å². The zero-order valence-corrected chi connectivity index (χ0v) is 16.7. The van der Waals surface area contributed by atoms with Crippen LogP contribution in [0.25, 0.3) is 0 Å². The molecule has 1 fully saturated rings. The average molecular weight is 439 g/mol. The van der Waals surface area contributed by atoms with E-state index in [4.69, 9.17) is 16.3 Å². The molecule has 2 aromatic carbocycles. The van der Waals surface area contributed by atoms with Crippen molar-refractivity contribution >= 4 is 33.4 Å². The quantitative estimate of drug-likeness (QED) is 0.645. The fraction of sp³-hybridized carbons (Fsp3) is 0.316. The van der Waals surface area contributed by atoms with Crippen LogP contribution in [-0.2, 0) is 11.3 Å². The van der Waals surface area contributed by atoms with Gasteiger partial charge >= 0.3 is 0 Å². The normalized spacial score (nSPS) is 19.3. The van der Waals surface area contributed by atoms with Crippen LogP contribution < -0.4 is 20.9 Å². The summed E-state index contributed by atoms with van der Waals surface area (Å²) in [6, 6.07) is 13.4. The van der Waals surface area contributed by atoms with Gasteiger partial charge < -0.3 is 10.1 Å². The monoisotopic (exact) mass is 437 g/mol. The van der Waals surface area contributed by atoms with Gasteiger partial charge in [0, 0.05) is 17.6 Å². The molecule has 3 rings (SSSR count). The maximum Gasteiger partial charge on any atom is 0.226 e. The van der Waals surface area contributed by atoms with Gasteiger partial charge in [-0.1, -0.05) is 45.7 Å². The van der Waals surface area contributed by atoms with Gasteiger partial charge in [0.15, 0.2) is 0 Å². The van der Waals surface area contributed by atoms with Crippen molar-refractivity contribution in [2.24, 2.45) is 5.92 Å². The first-order chi connectivity index (χ1) is 12.6. The van der Waals surface area contributed by atoms with E-state index in [1.54, 1.807) is 0 Å². The molecule has 7 heteroatoms. The molecule has 1 saturated heterocycles. The van der Waals surface area contributed by atoms with E-state index in [0.29, 0.717) is 30.5 Å². The molecule has 0 saturated carbocycles. The Kier molecular flexibility index (Phi) is 6.53. The van der Waals surface area contributed by atoms with E-state index in [0.717, 1.165) is 15.6 Å². The van der Waals surface area contributed by atoms with Crippen molar-refractivity contribution < 1.29 is 9.53 Å². The Morgan fingerprint density at radius 1 is 1.35 bits per heavy atom. The molecule has 26 heavy (non-hydrogen) atoms. The van der Waals surface area contributed by atoms with Crippen LogP contribution in [0.4, 0.5) is 0 Å². The van der Waals surface area contributed by atoms with Crippen molar-refractivity contribution in [2.45, 2.75) is 19.5 Å². The Morgan fingerprint density at radius 3 is 2.92 bits per heavy atom. The second-order valence-corrected chi connectivity index (χ2v) is 7.40. The highest BCUT2D eigenvalue weighted by Gasteiger charge is 2.34. The SMILES string of the molecule is CCOc1ccc(C2NNCC2C(=O)NCc2cccc(Br)c2)cc1Cl. The summed E-state index contributed by atoms with van der Waals surface area (Å²) in [5.74, 6) is 0.424. The lowest BCUT2D eigenvalue weighted by molar-refractivity contribution is -0.125. The van der Waals surface area contributed by atoms with E-state index in [9.17, 15) is 4.79 Å². The number of amides is 1. The van der Waals surface area contributed by atoms with Gasteiger partial charge in [0.1, 0.15) is 5.75 Å². The van der Waals surface area contributed by atoms with Crippen LogP contribution >= 0.6 is 27.5 Å². The lowest BCUT2D eigenvalue weighted by Gasteiger charge is -2.19. The predicted octanol–water partition coefficient (Wildman–Crippen LogP) is 3.58. The van der Waals surface area contributed by atoms with Gasteiger partial charge in [-0.15, -0.1) is 0 Å². The average Bonchev–Trinajstić information content (AvgIpc) is 3.11. The van der Waals surface area contributed by atoms with Crippen molar-refractivity contribution in [3.05, 3.63) is 63.1 Å². The van der Waals surface area contributed by atoms with E-state index in [1.807, 2.05) is 49.4 Å². The molecule has 138 valence electrons. The van der Waals surface area contributed by atoms with E-state index >= 15 is 0 Å². The molecule has 0 radical (unpaired) electrons. The maximum absolute atomic E-state index is 12.7. The minimum Gasteiger partial charge on any atom is -0.492 e. The standard InChI is InChI=1S/C19H21BrClN3O2/c1-2-26-17-7-6-13(9-16(17)21)18-15(11-23-24-18)19(25)22-10-12-4-3-5-14(20)8-12/h3-9,15,18,23-24H,2,10-11H2,1H3,(H,22,25). The van der Waals surface area contributed by atoms with Gasteiger partial charge in [0.25, 0.3) is 0 Å². The first-order valence-electron chi connectivity index (χ1n) is 8.51. The molecule has 0 spiro atoms. The topological polar surface area (TPSA) is 62.4 Å². The van der Waals surface area contributed by atoms with E-state index < -0.39 is 0 Å². The molecule has 1 amide bonds. The number of hydrogen-bond donors (Lipinski definition) is 3. The summed E-state index contributed by atoms with van der Waals surface area (Å²) in [7, 11) is 0. The molecular formula is C19H21BrClN3O2. The maximum atomic E-state index is 12.7. The number of ether oxygens (including phenoxy) is 1. The van der Waals surface area contributed by atoms with E-state index in [-0.39, 0.29) is 17.9 Å². The van der Waals surface area contributed by atoms with Crippen LogP contribution in [0.3, 0.4) is 0 Å². The predicted molar refractivity (Wildman–Crippen MR) is 106 cm³/mol. The highest BCUT2D eigenvalue weighted by molar-refractivity contribution is 9.10. The Morgan fingerprint density at radius 2 is 2.19 bits per heavy atom. The van der Waals surface area contributed by atoms with Crippen molar-refractivity contribution in [3.8, 4) is 5.75 Å². The highest BCUT2D eigenvalue weighted by Crippen LogP contribution is 2.32. The molecular weight excluding hydrogens is 418 g/mol. The van der Waals surface area contributed by atoms with Gasteiger partial charge in [-0.05, 0) is 42.3 Å². The van der Waals surface area contributed by atoms with Crippen molar-refractivity contribution in [1.82, 2.24) is 16.2 Å². The molecule has 1 aliphatic heterocycles. The Bertz CT molecular complexity index is 787. The number of benzene rings is 2. The molecule has 0 aliphatic carbocycles. The zero-order valence-electron chi connectivity index (χ0n) is 14.4. The van der Waals surface area contributed by atoms with Gasteiger partial charge in [-0.2, -0.15) is 0 Å². The second kappa shape index (κ2) is 8.86. The molecule has 0 bridgehead atoms. The fourth-order valence-electron chi connectivity index (χ4n) is 3.01. The molecule has 3 N–H and O–H groups in total. The lowest BCUT2D eigenvalue weighted by atomic mass is 9.94. The van der Waals surface area contributed by atoms with Gasteiger partial charge in [-0.3, -0.25) is 10.2 Å². The summed E-state index contributed by atoms with van der Waals surface area (Å²) >= 11 is 9.74. The van der Waals surface area contributed by atoms with Gasteiger partial charge in [0.05, 0.1) is 23.6 Å². The van der Waals surface area contributed by atoms with E-state index in [1.165, 1.54) is 0 Å². The largest absolute Gasteiger partial charge is 0.492 e. The fourth-order valence-corrected chi connectivity index (χ4v) is 3.70. The number of hydrazine groups is 1. The Labute approximate surface area is 166 Å². The number of carbonyl (C=O) groups excluding carboxylic acids is 1. The minimum atomic E-state index is -0.226. The van der Waals surface area contributed by atoms with Crippen LogP contribution in [0.15, 0.2) is 46.9 Å². The summed E-state index contributed by atoms with van der Waals surface area (Å²) in [5.41, 5.74) is 8.25. The van der Waals surface area contributed by atoms with E-state index in [2.05, 4.69) is 32.1 Å². The number of hydrogen-bond acceptors (Lipinski definition) is 4. The summed E-state index contributed by atoms with van der Waals surface area (Å²) in [6.07, 6.45) is 0. The van der Waals surface area contributed by atoms with Crippen LogP contribution in [-0.4, -0.2) is 19.1 Å². The molecule has 2 aromatic rings. The number of halogens is 2. The third-order valence-electron chi connectivity index (χ3n) is 4.29. The van der Waals surface area contributed by atoms with Gasteiger partial charge in [0.2, 0.25) is 5.91 Å². The molecule has 2 unspecified atom stereocenters. The smallest absolute Gasteiger partial charge is 0.226 e. The van der Waals surface area contributed by atoms with Crippen LogP contribution in [0.2, 0.25) is 5.02 Å². The number of rotatable bonds is 6. The van der Waals surface area contributed by atoms with Crippen molar-refractivity contribution in [3.63, 3.8) is 0 Å². The molecule has 5 nitrogen and oxygen atoms in total. The molecule has 0 aromatic heterocycles. The molecule has 1 heterocycles. The lowest BCUT2D eigenvalue weighted by Crippen LogP contribution is -2.34. The molecule has 1 aliphatic rings. The third-order valence-corrected chi connectivity index (χ3v) is 5.08. The summed E-state index contributed by atoms with van der Waals surface area (Å²) in [6.45, 7) is 3.52.